The molecule has 0 saturated heterocycles. The van der Waals surface area contributed by atoms with Crippen LogP contribution in [0.3, 0.4) is 0 Å². The second-order valence-corrected chi connectivity index (χ2v) is 5.76. The van der Waals surface area contributed by atoms with Crippen molar-refractivity contribution in [2.45, 2.75) is 6.61 Å². The maximum absolute atomic E-state index is 11.8. The number of ether oxygens (including phenoxy) is 2. The fourth-order valence-corrected chi connectivity index (χ4v) is 2.70. The Balaban J connectivity index is 2.03. The molecule has 116 valence electrons. The number of esters is 1. The van der Waals surface area contributed by atoms with E-state index in [0.29, 0.717) is 17.9 Å². The Morgan fingerprint density at radius 3 is 2.65 bits per heavy atom. The Hall–Kier alpha value is -2.40. The van der Waals surface area contributed by atoms with Gasteiger partial charge < -0.3 is 9.47 Å². The van der Waals surface area contributed by atoms with Gasteiger partial charge in [0, 0.05) is 15.9 Å². The Morgan fingerprint density at radius 1 is 1.13 bits per heavy atom. The number of fused-ring (bicyclic) bond motifs is 1. The standard InChI is InChI=1S/C18H14BrNO3/c1-22-18(21)15-10-16(23-11-12-6-3-2-4-7-12)13-8-5-9-14(19)17(13)20-15/h2-10H,11H2,1H3. The normalized spacial score (nSPS) is 10.5. The molecule has 0 aliphatic heterocycles. The summed E-state index contributed by atoms with van der Waals surface area (Å²) in [6.45, 7) is 0.410. The molecule has 0 unspecified atom stereocenters. The molecule has 3 rings (SSSR count). The third kappa shape index (κ3) is 3.35. The van der Waals surface area contributed by atoms with Crippen molar-refractivity contribution in [1.29, 1.82) is 0 Å². The maximum atomic E-state index is 11.8. The minimum atomic E-state index is -0.493. The number of carbonyl (C=O) groups is 1. The molecule has 0 aliphatic rings. The molecule has 0 bridgehead atoms. The van der Waals surface area contributed by atoms with Gasteiger partial charge in [-0.15, -0.1) is 0 Å². The summed E-state index contributed by atoms with van der Waals surface area (Å²) in [5.41, 5.74) is 1.93. The van der Waals surface area contributed by atoms with Crippen LogP contribution < -0.4 is 4.74 Å². The van der Waals surface area contributed by atoms with E-state index in [4.69, 9.17) is 9.47 Å². The van der Waals surface area contributed by atoms with Crippen LogP contribution in [0.2, 0.25) is 0 Å². The van der Waals surface area contributed by atoms with E-state index in [1.165, 1.54) is 7.11 Å². The largest absolute Gasteiger partial charge is 0.488 e. The summed E-state index contributed by atoms with van der Waals surface area (Å²) < 4.78 is 11.5. The highest BCUT2D eigenvalue weighted by molar-refractivity contribution is 9.10. The molecule has 1 aromatic heterocycles. The van der Waals surface area contributed by atoms with Gasteiger partial charge in [-0.25, -0.2) is 9.78 Å². The zero-order valence-electron chi connectivity index (χ0n) is 12.5. The first-order valence-corrected chi connectivity index (χ1v) is 7.82. The Kier molecular flexibility index (Phi) is 4.57. The van der Waals surface area contributed by atoms with Crippen molar-refractivity contribution in [2.75, 3.05) is 7.11 Å². The third-order valence-electron chi connectivity index (χ3n) is 3.38. The molecule has 0 aliphatic carbocycles. The predicted octanol–water partition coefficient (Wildman–Crippen LogP) is 4.36. The number of carbonyl (C=O) groups excluding carboxylic acids is 1. The monoisotopic (exact) mass is 371 g/mol. The lowest BCUT2D eigenvalue weighted by Crippen LogP contribution is -2.06. The quantitative estimate of drug-likeness (QED) is 0.639. The summed E-state index contributed by atoms with van der Waals surface area (Å²) in [6.07, 6.45) is 0. The molecule has 1 heterocycles. The van der Waals surface area contributed by atoms with Crippen molar-refractivity contribution in [3.8, 4) is 5.75 Å². The Labute approximate surface area is 142 Å². The van der Waals surface area contributed by atoms with E-state index in [1.54, 1.807) is 6.07 Å². The molecule has 0 fully saturated rings. The highest BCUT2D eigenvalue weighted by atomic mass is 79.9. The smallest absolute Gasteiger partial charge is 0.356 e. The maximum Gasteiger partial charge on any atom is 0.356 e. The van der Waals surface area contributed by atoms with Gasteiger partial charge in [0.2, 0.25) is 0 Å². The highest BCUT2D eigenvalue weighted by Gasteiger charge is 2.15. The summed E-state index contributed by atoms with van der Waals surface area (Å²) in [6, 6.07) is 17.1. The van der Waals surface area contributed by atoms with Gasteiger partial charge in [-0.2, -0.15) is 0 Å². The molecule has 2 aromatic carbocycles. The number of hydrogen-bond donors (Lipinski definition) is 0. The van der Waals surface area contributed by atoms with Crippen LogP contribution in [0, 0.1) is 0 Å². The van der Waals surface area contributed by atoms with Gasteiger partial charge in [0.05, 0.1) is 12.6 Å². The third-order valence-corrected chi connectivity index (χ3v) is 4.02. The van der Waals surface area contributed by atoms with Gasteiger partial charge in [-0.05, 0) is 33.6 Å². The van der Waals surface area contributed by atoms with Crippen LogP contribution in [-0.4, -0.2) is 18.1 Å². The molecule has 5 heteroatoms. The molecule has 0 radical (unpaired) electrons. The summed E-state index contributed by atoms with van der Waals surface area (Å²) in [5, 5.41) is 0.836. The van der Waals surface area contributed by atoms with E-state index in [0.717, 1.165) is 15.4 Å². The van der Waals surface area contributed by atoms with Gasteiger partial charge >= 0.3 is 5.97 Å². The number of halogens is 1. The Morgan fingerprint density at radius 2 is 1.91 bits per heavy atom. The summed E-state index contributed by atoms with van der Waals surface area (Å²) >= 11 is 3.46. The van der Waals surface area contributed by atoms with E-state index in [9.17, 15) is 4.79 Å². The van der Waals surface area contributed by atoms with Crippen molar-refractivity contribution < 1.29 is 14.3 Å². The first-order valence-electron chi connectivity index (χ1n) is 7.03. The van der Waals surface area contributed by atoms with Crippen LogP contribution in [0.1, 0.15) is 16.1 Å². The highest BCUT2D eigenvalue weighted by Crippen LogP contribution is 2.31. The fourth-order valence-electron chi connectivity index (χ4n) is 2.25. The lowest BCUT2D eigenvalue weighted by atomic mass is 10.1. The van der Waals surface area contributed by atoms with E-state index in [1.807, 2.05) is 48.5 Å². The van der Waals surface area contributed by atoms with Crippen LogP contribution in [0.4, 0.5) is 0 Å². The molecule has 23 heavy (non-hydrogen) atoms. The number of nitrogens with zero attached hydrogens (tertiary/aromatic N) is 1. The lowest BCUT2D eigenvalue weighted by Gasteiger charge is -2.11. The zero-order chi connectivity index (χ0) is 16.2. The van der Waals surface area contributed by atoms with Gasteiger partial charge in [0.15, 0.2) is 5.69 Å². The first-order chi connectivity index (χ1) is 11.2. The van der Waals surface area contributed by atoms with Crippen molar-refractivity contribution in [3.05, 3.63) is 70.3 Å². The second-order valence-electron chi connectivity index (χ2n) is 4.91. The van der Waals surface area contributed by atoms with Crippen LogP contribution in [0.25, 0.3) is 10.9 Å². The van der Waals surface area contributed by atoms with E-state index < -0.39 is 5.97 Å². The number of hydrogen-bond acceptors (Lipinski definition) is 4. The van der Waals surface area contributed by atoms with E-state index >= 15 is 0 Å². The summed E-state index contributed by atoms with van der Waals surface area (Å²) in [5.74, 6) is 0.104. The molecular formula is C18H14BrNO3. The van der Waals surface area contributed by atoms with E-state index in [-0.39, 0.29) is 5.69 Å². The van der Waals surface area contributed by atoms with Gasteiger partial charge in [0.1, 0.15) is 12.4 Å². The van der Waals surface area contributed by atoms with Gasteiger partial charge in [-0.1, -0.05) is 36.4 Å². The van der Waals surface area contributed by atoms with Crippen LogP contribution in [0.15, 0.2) is 59.1 Å². The molecule has 0 amide bonds. The van der Waals surface area contributed by atoms with Crippen molar-refractivity contribution in [2.24, 2.45) is 0 Å². The van der Waals surface area contributed by atoms with Crippen molar-refractivity contribution in [1.82, 2.24) is 4.98 Å². The second kappa shape index (κ2) is 6.79. The minimum absolute atomic E-state index is 0.218. The van der Waals surface area contributed by atoms with Crippen molar-refractivity contribution >= 4 is 32.8 Å². The van der Waals surface area contributed by atoms with Crippen LogP contribution >= 0.6 is 15.9 Å². The number of pyridine rings is 1. The lowest BCUT2D eigenvalue weighted by molar-refractivity contribution is 0.0594. The molecule has 3 aromatic rings. The molecule has 0 N–H and O–H groups in total. The van der Waals surface area contributed by atoms with Gasteiger partial charge in [-0.3, -0.25) is 0 Å². The van der Waals surface area contributed by atoms with Gasteiger partial charge in [0.25, 0.3) is 0 Å². The number of aromatic nitrogens is 1. The topological polar surface area (TPSA) is 48.4 Å². The average Bonchev–Trinajstić information content (AvgIpc) is 2.60. The molecule has 0 spiro atoms. The summed E-state index contributed by atoms with van der Waals surface area (Å²) in [4.78, 5) is 16.2. The molecule has 0 atom stereocenters. The zero-order valence-corrected chi connectivity index (χ0v) is 14.0. The Bertz CT molecular complexity index is 850. The molecule has 0 saturated carbocycles. The van der Waals surface area contributed by atoms with Crippen LogP contribution in [-0.2, 0) is 11.3 Å². The fraction of sp³-hybridized carbons (Fsp3) is 0.111. The average molecular weight is 372 g/mol. The predicted molar refractivity (Wildman–Crippen MR) is 91.6 cm³/mol. The SMILES string of the molecule is COC(=O)c1cc(OCc2ccccc2)c2cccc(Br)c2n1. The summed E-state index contributed by atoms with van der Waals surface area (Å²) in [7, 11) is 1.33. The molecule has 4 nitrogen and oxygen atoms in total. The number of benzene rings is 2. The number of methoxy groups -OCH3 is 1. The van der Waals surface area contributed by atoms with Crippen LogP contribution in [0.5, 0.6) is 5.75 Å². The number of rotatable bonds is 4. The van der Waals surface area contributed by atoms with E-state index in [2.05, 4.69) is 20.9 Å². The van der Waals surface area contributed by atoms with Crippen molar-refractivity contribution in [3.63, 3.8) is 0 Å². The first kappa shape index (κ1) is 15.5. The number of para-hydroxylation sites is 1. The minimum Gasteiger partial charge on any atom is -0.488 e. The molecular weight excluding hydrogens is 358 g/mol.